The van der Waals surface area contributed by atoms with E-state index in [1.54, 1.807) is 25.7 Å². The molecule has 21 heavy (non-hydrogen) atoms. The highest BCUT2D eigenvalue weighted by molar-refractivity contribution is 4.95. The summed E-state index contributed by atoms with van der Waals surface area (Å²) in [5.74, 6) is 3.96. The fourth-order valence-corrected chi connectivity index (χ4v) is 5.74. The second-order valence-corrected chi connectivity index (χ2v) is 9.33. The minimum absolute atomic E-state index is 0.820. The molecular weight excluding hydrogens is 254 g/mol. The highest BCUT2D eigenvalue weighted by Gasteiger charge is 2.44. The zero-order valence-electron chi connectivity index (χ0n) is 14.7. The van der Waals surface area contributed by atoms with Gasteiger partial charge in [-0.05, 0) is 100.0 Å². The van der Waals surface area contributed by atoms with Crippen molar-refractivity contribution in [3.63, 3.8) is 0 Å². The number of hydrogen-bond acceptors (Lipinski definition) is 1. The van der Waals surface area contributed by atoms with E-state index in [9.17, 15) is 0 Å². The first-order valence-corrected chi connectivity index (χ1v) is 9.77. The van der Waals surface area contributed by atoms with Crippen LogP contribution in [0.1, 0.15) is 78.6 Å². The Morgan fingerprint density at radius 2 is 1.57 bits per heavy atom. The van der Waals surface area contributed by atoms with Gasteiger partial charge < -0.3 is 4.90 Å². The lowest BCUT2D eigenvalue weighted by Gasteiger charge is -2.51. The average Bonchev–Trinajstić information content (AvgIpc) is 2.41. The highest BCUT2D eigenvalue weighted by atomic mass is 15.1. The molecule has 0 aromatic heterocycles. The fourth-order valence-electron chi connectivity index (χ4n) is 5.74. The molecule has 0 unspecified atom stereocenters. The zero-order valence-corrected chi connectivity index (χ0v) is 14.7. The standard InChI is InChI=1S/C20H37N/c1-16(2)12-18-6-10-21(11-7-18)15-19-4-8-20(9-5-19)13-17(3)14-20/h16-19H,4-15H2,1-3H3. The van der Waals surface area contributed by atoms with Crippen molar-refractivity contribution in [3.05, 3.63) is 0 Å². The van der Waals surface area contributed by atoms with Gasteiger partial charge in [-0.25, -0.2) is 0 Å². The van der Waals surface area contributed by atoms with Crippen molar-refractivity contribution in [2.75, 3.05) is 19.6 Å². The van der Waals surface area contributed by atoms with Crippen LogP contribution in [0.5, 0.6) is 0 Å². The Morgan fingerprint density at radius 1 is 0.952 bits per heavy atom. The van der Waals surface area contributed by atoms with E-state index in [1.807, 2.05) is 0 Å². The summed E-state index contributed by atoms with van der Waals surface area (Å²) in [6.45, 7) is 11.4. The molecule has 0 aromatic rings. The van der Waals surface area contributed by atoms with E-state index in [4.69, 9.17) is 0 Å². The molecule has 0 radical (unpaired) electrons. The molecule has 122 valence electrons. The Hall–Kier alpha value is -0.0400. The maximum atomic E-state index is 2.79. The summed E-state index contributed by atoms with van der Waals surface area (Å²) in [7, 11) is 0. The molecule has 0 aromatic carbocycles. The normalized spacial score (nSPS) is 38.9. The van der Waals surface area contributed by atoms with Crippen LogP contribution >= 0.6 is 0 Å². The van der Waals surface area contributed by atoms with Crippen molar-refractivity contribution in [3.8, 4) is 0 Å². The van der Waals surface area contributed by atoms with Gasteiger partial charge in [-0.2, -0.15) is 0 Å². The first-order valence-electron chi connectivity index (χ1n) is 9.77. The number of likely N-dealkylation sites (tertiary alicyclic amines) is 1. The van der Waals surface area contributed by atoms with E-state index in [-0.39, 0.29) is 0 Å². The van der Waals surface area contributed by atoms with Crippen LogP contribution in [0.2, 0.25) is 0 Å². The van der Waals surface area contributed by atoms with Gasteiger partial charge in [0, 0.05) is 6.54 Å². The smallest absolute Gasteiger partial charge is 0.000967 e. The van der Waals surface area contributed by atoms with E-state index in [0.717, 1.165) is 29.1 Å². The van der Waals surface area contributed by atoms with E-state index in [0.29, 0.717) is 0 Å². The molecule has 3 rings (SSSR count). The fraction of sp³-hybridized carbons (Fsp3) is 1.00. The minimum Gasteiger partial charge on any atom is -0.303 e. The van der Waals surface area contributed by atoms with Crippen molar-refractivity contribution in [2.45, 2.75) is 78.6 Å². The first-order chi connectivity index (χ1) is 10.0. The van der Waals surface area contributed by atoms with Crippen LogP contribution in [0.15, 0.2) is 0 Å². The van der Waals surface area contributed by atoms with Crippen molar-refractivity contribution in [2.24, 2.45) is 29.1 Å². The predicted octanol–water partition coefficient (Wildman–Crippen LogP) is 5.35. The molecule has 0 atom stereocenters. The number of hydrogen-bond donors (Lipinski definition) is 0. The monoisotopic (exact) mass is 291 g/mol. The summed E-state index contributed by atoms with van der Waals surface area (Å²) in [5, 5.41) is 0. The zero-order chi connectivity index (χ0) is 14.9. The van der Waals surface area contributed by atoms with Crippen LogP contribution in [0.4, 0.5) is 0 Å². The van der Waals surface area contributed by atoms with E-state index in [2.05, 4.69) is 25.7 Å². The van der Waals surface area contributed by atoms with Crippen LogP contribution in [0, 0.1) is 29.1 Å². The molecule has 3 aliphatic rings. The van der Waals surface area contributed by atoms with Gasteiger partial charge >= 0.3 is 0 Å². The van der Waals surface area contributed by atoms with Gasteiger partial charge in [-0.15, -0.1) is 0 Å². The van der Waals surface area contributed by atoms with Gasteiger partial charge in [-0.3, -0.25) is 0 Å². The summed E-state index contributed by atoms with van der Waals surface area (Å²) < 4.78 is 0. The van der Waals surface area contributed by atoms with Crippen LogP contribution in [-0.4, -0.2) is 24.5 Å². The lowest BCUT2D eigenvalue weighted by Crippen LogP contribution is -2.42. The molecular formula is C20H37N. The molecule has 2 saturated carbocycles. The van der Waals surface area contributed by atoms with Gasteiger partial charge in [0.25, 0.3) is 0 Å². The third-order valence-electron chi connectivity index (χ3n) is 6.76. The number of nitrogens with zero attached hydrogens (tertiary/aromatic N) is 1. The Balaban J connectivity index is 1.35. The lowest BCUT2D eigenvalue weighted by molar-refractivity contribution is 0.000993. The molecule has 0 amide bonds. The number of piperidine rings is 1. The van der Waals surface area contributed by atoms with Crippen molar-refractivity contribution in [1.29, 1.82) is 0 Å². The van der Waals surface area contributed by atoms with Crippen LogP contribution in [0.3, 0.4) is 0 Å². The average molecular weight is 292 g/mol. The SMILES string of the molecule is CC(C)CC1CCN(CC2CCC3(CC2)CC(C)C3)CC1. The molecule has 1 saturated heterocycles. The van der Waals surface area contributed by atoms with Crippen molar-refractivity contribution >= 4 is 0 Å². The Labute approximate surface area is 132 Å². The molecule has 1 heterocycles. The van der Waals surface area contributed by atoms with E-state index < -0.39 is 0 Å². The predicted molar refractivity (Wildman–Crippen MR) is 91.4 cm³/mol. The van der Waals surface area contributed by atoms with Crippen LogP contribution in [0.25, 0.3) is 0 Å². The highest BCUT2D eigenvalue weighted by Crippen LogP contribution is 2.55. The maximum absolute atomic E-state index is 2.79. The van der Waals surface area contributed by atoms with Gasteiger partial charge in [-0.1, -0.05) is 20.8 Å². The van der Waals surface area contributed by atoms with Gasteiger partial charge in [0.15, 0.2) is 0 Å². The molecule has 2 aliphatic carbocycles. The minimum atomic E-state index is 0.820. The molecule has 1 spiro atoms. The third-order valence-corrected chi connectivity index (χ3v) is 6.76. The molecule has 1 aliphatic heterocycles. The second-order valence-electron chi connectivity index (χ2n) is 9.33. The summed E-state index contributed by atoms with van der Waals surface area (Å²) in [4.78, 5) is 2.79. The second kappa shape index (κ2) is 6.60. The molecule has 0 N–H and O–H groups in total. The van der Waals surface area contributed by atoms with Crippen LogP contribution in [-0.2, 0) is 0 Å². The molecule has 3 fully saturated rings. The number of rotatable bonds is 4. The van der Waals surface area contributed by atoms with E-state index >= 15 is 0 Å². The van der Waals surface area contributed by atoms with Crippen molar-refractivity contribution in [1.82, 2.24) is 4.90 Å². The van der Waals surface area contributed by atoms with Gasteiger partial charge in [0.05, 0.1) is 0 Å². The van der Waals surface area contributed by atoms with Gasteiger partial charge in [0.2, 0.25) is 0 Å². The topological polar surface area (TPSA) is 3.24 Å². The summed E-state index contributed by atoms with van der Waals surface area (Å²) >= 11 is 0. The first kappa shape index (κ1) is 15.8. The maximum Gasteiger partial charge on any atom is 0.000967 e. The lowest BCUT2D eigenvalue weighted by atomic mass is 9.55. The van der Waals surface area contributed by atoms with Gasteiger partial charge in [0.1, 0.15) is 0 Å². The molecule has 1 nitrogen and oxygen atoms in total. The quantitative estimate of drug-likeness (QED) is 0.675. The van der Waals surface area contributed by atoms with Crippen LogP contribution < -0.4 is 0 Å². The summed E-state index contributed by atoms with van der Waals surface area (Å²) in [6.07, 6.45) is 13.6. The Morgan fingerprint density at radius 3 is 2.10 bits per heavy atom. The van der Waals surface area contributed by atoms with Crippen molar-refractivity contribution < 1.29 is 0 Å². The summed E-state index contributed by atoms with van der Waals surface area (Å²) in [6, 6.07) is 0. The Bertz CT molecular complexity index is 311. The summed E-state index contributed by atoms with van der Waals surface area (Å²) in [5.41, 5.74) is 0.820. The largest absolute Gasteiger partial charge is 0.303 e. The Kier molecular flexibility index (Phi) is 4.98. The third kappa shape index (κ3) is 4.03. The molecule has 1 heteroatoms. The molecule has 0 bridgehead atoms. The van der Waals surface area contributed by atoms with E-state index in [1.165, 1.54) is 51.7 Å².